The highest BCUT2D eigenvalue weighted by Crippen LogP contribution is 2.31. The van der Waals surface area contributed by atoms with Crippen molar-refractivity contribution in [1.29, 1.82) is 0 Å². The Balaban J connectivity index is 2.23. The second kappa shape index (κ2) is 4.52. The molecule has 1 aromatic heterocycles. The standard InChI is InChI=1S/C10H14N4O3/c1-2-11-10(15)8-6-13(5-7-3-4-7)12-9(8)14(16)17/h6-7H,2-5H2,1H3,(H,11,15). The number of rotatable bonds is 5. The van der Waals surface area contributed by atoms with Crippen molar-refractivity contribution in [2.45, 2.75) is 26.3 Å². The zero-order valence-electron chi connectivity index (χ0n) is 9.55. The largest absolute Gasteiger partial charge is 0.402 e. The van der Waals surface area contributed by atoms with Gasteiger partial charge in [0.1, 0.15) is 0 Å². The van der Waals surface area contributed by atoms with Crippen LogP contribution in [0.1, 0.15) is 30.1 Å². The van der Waals surface area contributed by atoms with Gasteiger partial charge in [-0.2, -0.15) is 4.68 Å². The van der Waals surface area contributed by atoms with E-state index in [1.807, 2.05) is 0 Å². The predicted octanol–water partition coefficient (Wildman–Crippen LogP) is 0.951. The summed E-state index contributed by atoms with van der Waals surface area (Å²) in [5.41, 5.74) is 0.0394. The number of amides is 1. The number of carbonyl (C=O) groups excluding carboxylic acids is 1. The van der Waals surface area contributed by atoms with Gasteiger partial charge in [0.25, 0.3) is 5.91 Å². The third-order valence-electron chi connectivity index (χ3n) is 2.64. The second-order valence-corrected chi connectivity index (χ2v) is 4.15. The molecule has 1 saturated carbocycles. The molecule has 1 heterocycles. The van der Waals surface area contributed by atoms with Gasteiger partial charge >= 0.3 is 5.82 Å². The molecule has 1 amide bonds. The van der Waals surface area contributed by atoms with Crippen LogP contribution in [-0.4, -0.2) is 27.2 Å². The Labute approximate surface area is 98.0 Å². The van der Waals surface area contributed by atoms with E-state index in [2.05, 4.69) is 10.4 Å². The maximum absolute atomic E-state index is 11.6. The number of nitro groups is 1. The fraction of sp³-hybridized carbons (Fsp3) is 0.600. The summed E-state index contributed by atoms with van der Waals surface area (Å²) < 4.78 is 1.50. The van der Waals surface area contributed by atoms with E-state index in [9.17, 15) is 14.9 Å². The SMILES string of the molecule is CCNC(=O)c1cn(CC2CC2)nc1[N+](=O)[O-]. The van der Waals surface area contributed by atoms with Crippen LogP contribution < -0.4 is 5.32 Å². The zero-order valence-corrected chi connectivity index (χ0v) is 9.55. The lowest BCUT2D eigenvalue weighted by Gasteiger charge is -1.97. The maximum atomic E-state index is 11.6. The summed E-state index contributed by atoms with van der Waals surface area (Å²) in [7, 11) is 0. The van der Waals surface area contributed by atoms with Crippen LogP contribution in [0.15, 0.2) is 6.20 Å². The van der Waals surface area contributed by atoms with Crippen LogP contribution in [0.3, 0.4) is 0 Å². The van der Waals surface area contributed by atoms with Crippen LogP contribution in [-0.2, 0) is 6.54 Å². The second-order valence-electron chi connectivity index (χ2n) is 4.15. The van der Waals surface area contributed by atoms with Gasteiger partial charge in [-0.1, -0.05) is 0 Å². The Morgan fingerprint density at radius 2 is 2.41 bits per heavy atom. The summed E-state index contributed by atoms with van der Waals surface area (Å²) >= 11 is 0. The first-order valence-electron chi connectivity index (χ1n) is 5.61. The Morgan fingerprint density at radius 1 is 1.71 bits per heavy atom. The minimum absolute atomic E-state index is 0.0394. The minimum Gasteiger partial charge on any atom is -0.358 e. The summed E-state index contributed by atoms with van der Waals surface area (Å²) in [6, 6.07) is 0. The first-order chi connectivity index (χ1) is 8.11. The van der Waals surface area contributed by atoms with Gasteiger partial charge in [0.2, 0.25) is 0 Å². The van der Waals surface area contributed by atoms with Gasteiger partial charge in [0.05, 0.1) is 17.8 Å². The number of nitrogens with one attached hydrogen (secondary N) is 1. The molecule has 0 atom stereocenters. The lowest BCUT2D eigenvalue weighted by atomic mass is 10.3. The third-order valence-corrected chi connectivity index (χ3v) is 2.64. The van der Waals surface area contributed by atoms with Crippen molar-refractivity contribution >= 4 is 11.7 Å². The molecule has 2 rings (SSSR count). The summed E-state index contributed by atoms with van der Waals surface area (Å²) in [5.74, 6) is -0.255. The maximum Gasteiger partial charge on any atom is 0.402 e. The number of carbonyl (C=O) groups is 1. The zero-order chi connectivity index (χ0) is 12.4. The van der Waals surface area contributed by atoms with Crippen LogP contribution in [0.5, 0.6) is 0 Å². The van der Waals surface area contributed by atoms with E-state index < -0.39 is 10.8 Å². The topological polar surface area (TPSA) is 90.1 Å². The number of hydrogen-bond acceptors (Lipinski definition) is 4. The van der Waals surface area contributed by atoms with Gasteiger partial charge < -0.3 is 15.4 Å². The molecule has 1 aromatic rings. The summed E-state index contributed by atoms with van der Waals surface area (Å²) in [6.45, 7) is 2.85. The first-order valence-corrected chi connectivity index (χ1v) is 5.61. The van der Waals surface area contributed by atoms with Crippen molar-refractivity contribution in [3.63, 3.8) is 0 Å². The molecular weight excluding hydrogens is 224 g/mol. The van der Waals surface area contributed by atoms with E-state index in [1.165, 1.54) is 10.9 Å². The molecule has 0 aromatic carbocycles. The van der Waals surface area contributed by atoms with Crippen molar-refractivity contribution in [3.05, 3.63) is 21.9 Å². The average molecular weight is 238 g/mol. The lowest BCUT2D eigenvalue weighted by Crippen LogP contribution is -2.23. The average Bonchev–Trinajstić information content (AvgIpc) is 2.95. The smallest absolute Gasteiger partial charge is 0.358 e. The number of nitrogens with zero attached hydrogens (tertiary/aromatic N) is 3. The molecule has 1 N–H and O–H groups in total. The van der Waals surface area contributed by atoms with Gasteiger partial charge in [0.15, 0.2) is 5.56 Å². The molecule has 17 heavy (non-hydrogen) atoms. The van der Waals surface area contributed by atoms with E-state index in [1.54, 1.807) is 6.92 Å². The molecule has 7 nitrogen and oxygen atoms in total. The van der Waals surface area contributed by atoms with Crippen LogP contribution in [0.4, 0.5) is 5.82 Å². The minimum atomic E-state index is -0.617. The van der Waals surface area contributed by atoms with Gasteiger partial charge in [-0.3, -0.25) is 4.79 Å². The van der Waals surface area contributed by atoms with E-state index >= 15 is 0 Å². The van der Waals surface area contributed by atoms with Crippen LogP contribution >= 0.6 is 0 Å². The fourth-order valence-corrected chi connectivity index (χ4v) is 1.62. The van der Waals surface area contributed by atoms with Crippen LogP contribution in [0.2, 0.25) is 0 Å². The van der Waals surface area contributed by atoms with Crippen LogP contribution in [0, 0.1) is 16.0 Å². The van der Waals surface area contributed by atoms with E-state index in [4.69, 9.17) is 0 Å². The fourth-order valence-electron chi connectivity index (χ4n) is 1.62. The van der Waals surface area contributed by atoms with E-state index in [0.717, 1.165) is 12.8 Å². The molecule has 0 aliphatic heterocycles. The highest BCUT2D eigenvalue weighted by Gasteiger charge is 2.29. The molecule has 0 unspecified atom stereocenters. The molecule has 0 bridgehead atoms. The van der Waals surface area contributed by atoms with Crippen molar-refractivity contribution in [2.75, 3.05) is 6.54 Å². The normalized spacial score (nSPS) is 14.6. The lowest BCUT2D eigenvalue weighted by molar-refractivity contribution is -0.390. The molecule has 0 spiro atoms. The summed E-state index contributed by atoms with van der Waals surface area (Å²) in [5, 5.41) is 17.2. The van der Waals surface area contributed by atoms with Crippen molar-refractivity contribution in [1.82, 2.24) is 15.1 Å². The third kappa shape index (κ3) is 2.61. The van der Waals surface area contributed by atoms with Gasteiger partial charge in [-0.25, -0.2) is 0 Å². The van der Waals surface area contributed by atoms with Crippen LogP contribution in [0.25, 0.3) is 0 Å². The Kier molecular flexibility index (Phi) is 3.08. The van der Waals surface area contributed by atoms with Crippen molar-refractivity contribution < 1.29 is 9.72 Å². The Morgan fingerprint density at radius 3 is 2.94 bits per heavy atom. The predicted molar refractivity (Wildman–Crippen MR) is 59.6 cm³/mol. The van der Waals surface area contributed by atoms with Gasteiger partial charge in [0, 0.05) is 6.54 Å². The Bertz CT molecular complexity index is 450. The highest BCUT2D eigenvalue weighted by molar-refractivity contribution is 5.97. The van der Waals surface area contributed by atoms with Crippen molar-refractivity contribution in [2.24, 2.45) is 5.92 Å². The number of hydrogen-bond donors (Lipinski definition) is 1. The summed E-state index contributed by atoms with van der Waals surface area (Å²) in [4.78, 5) is 21.8. The highest BCUT2D eigenvalue weighted by atomic mass is 16.6. The van der Waals surface area contributed by atoms with E-state index in [0.29, 0.717) is 19.0 Å². The molecule has 1 aliphatic rings. The molecule has 1 aliphatic carbocycles. The molecular formula is C10H14N4O3. The van der Waals surface area contributed by atoms with Gasteiger partial charge in [-0.05, 0) is 30.6 Å². The van der Waals surface area contributed by atoms with E-state index in [-0.39, 0.29) is 11.4 Å². The van der Waals surface area contributed by atoms with Crippen molar-refractivity contribution in [3.8, 4) is 0 Å². The monoisotopic (exact) mass is 238 g/mol. The number of aromatic nitrogens is 2. The molecule has 7 heteroatoms. The Hall–Kier alpha value is -1.92. The molecule has 0 saturated heterocycles. The first kappa shape index (κ1) is 11.6. The quantitative estimate of drug-likeness (QED) is 0.610. The molecule has 92 valence electrons. The summed E-state index contributed by atoms with van der Waals surface area (Å²) in [6.07, 6.45) is 3.72. The molecule has 0 radical (unpaired) electrons. The molecule has 1 fully saturated rings. The van der Waals surface area contributed by atoms with Gasteiger partial charge in [-0.15, -0.1) is 0 Å².